The van der Waals surface area contributed by atoms with Gasteiger partial charge in [-0.1, -0.05) is 30.3 Å². The fraction of sp³-hybridized carbons (Fsp3) is 0.333. The maximum absolute atomic E-state index is 12.1. The molecule has 0 aliphatic carbocycles. The molecule has 24 heavy (non-hydrogen) atoms. The number of nitrogens with zero attached hydrogens (tertiary/aromatic N) is 2. The summed E-state index contributed by atoms with van der Waals surface area (Å²) in [6.07, 6.45) is 2.55. The van der Waals surface area contributed by atoms with Crippen LogP contribution in [0.1, 0.15) is 12.0 Å². The van der Waals surface area contributed by atoms with Crippen molar-refractivity contribution in [2.45, 2.75) is 19.0 Å². The Kier molecular flexibility index (Phi) is 4.96. The van der Waals surface area contributed by atoms with E-state index in [-0.39, 0.29) is 17.6 Å². The van der Waals surface area contributed by atoms with Gasteiger partial charge in [0.05, 0.1) is 5.69 Å². The van der Waals surface area contributed by atoms with Gasteiger partial charge in [-0.2, -0.15) is 0 Å². The number of likely N-dealkylation sites (tertiary alicyclic amines) is 1. The van der Waals surface area contributed by atoms with Crippen molar-refractivity contribution in [3.05, 3.63) is 64.6 Å². The van der Waals surface area contributed by atoms with Gasteiger partial charge in [0, 0.05) is 45.0 Å². The predicted molar refractivity (Wildman–Crippen MR) is 94.0 cm³/mol. The fourth-order valence-electron chi connectivity index (χ4n) is 2.96. The van der Waals surface area contributed by atoms with E-state index >= 15 is 0 Å². The molecule has 2 heterocycles. The lowest BCUT2D eigenvalue weighted by Gasteiger charge is -2.17. The first-order chi connectivity index (χ1) is 11.6. The van der Waals surface area contributed by atoms with Crippen LogP contribution in [0.2, 0.25) is 0 Å². The normalized spacial score (nSPS) is 17.6. The highest BCUT2D eigenvalue weighted by Crippen LogP contribution is 2.13. The van der Waals surface area contributed by atoms with Crippen molar-refractivity contribution in [2.75, 3.05) is 18.4 Å². The molecular weight excluding hydrogens is 304 g/mol. The Labute approximate surface area is 141 Å². The summed E-state index contributed by atoms with van der Waals surface area (Å²) in [6.45, 7) is 2.72. The van der Waals surface area contributed by atoms with Crippen LogP contribution in [0.3, 0.4) is 0 Å². The molecule has 1 aromatic heterocycles. The van der Waals surface area contributed by atoms with E-state index in [1.807, 2.05) is 18.2 Å². The first kappa shape index (κ1) is 16.3. The van der Waals surface area contributed by atoms with Crippen molar-refractivity contribution in [1.82, 2.24) is 14.8 Å². The number of carbonyl (C=O) groups is 1. The molecule has 0 spiro atoms. The van der Waals surface area contributed by atoms with Crippen molar-refractivity contribution >= 4 is 11.7 Å². The van der Waals surface area contributed by atoms with Crippen LogP contribution in [0, 0.1) is 0 Å². The molecule has 1 aliphatic rings. The third kappa shape index (κ3) is 4.23. The maximum Gasteiger partial charge on any atom is 0.319 e. The smallest absolute Gasteiger partial charge is 0.319 e. The van der Waals surface area contributed by atoms with E-state index in [0.29, 0.717) is 5.69 Å². The number of amides is 2. The summed E-state index contributed by atoms with van der Waals surface area (Å²) in [7, 11) is 1.66. The van der Waals surface area contributed by atoms with E-state index in [1.54, 1.807) is 19.3 Å². The molecule has 1 fully saturated rings. The van der Waals surface area contributed by atoms with Gasteiger partial charge < -0.3 is 15.2 Å². The molecule has 1 aliphatic heterocycles. The molecule has 3 rings (SSSR count). The second-order valence-corrected chi connectivity index (χ2v) is 6.17. The van der Waals surface area contributed by atoms with Crippen LogP contribution in [0.15, 0.2) is 53.5 Å². The van der Waals surface area contributed by atoms with Crippen LogP contribution >= 0.6 is 0 Å². The Morgan fingerprint density at radius 1 is 1.21 bits per heavy atom. The molecular formula is C18H22N4O2. The first-order valence-corrected chi connectivity index (χ1v) is 8.10. The minimum atomic E-state index is -0.236. The molecule has 0 radical (unpaired) electrons. The summed E-state index contributed by atoms with van der Waals surface area (Å²) in [5, 5.41) is 5.77. The number of aryl methyl sites for hydroxylation is 1. The van der Waals surface area contributed by atoms with Gasteiger partial charge in [-0.15, -0.1) is 0 Å². The second-order valence-electron chi connectivity index (χ2n) is 6.17. The quantitative estimate of drug-likeness (QED) is 0.900. The van der Waals surface area contributed by atoms with Crippen molar-refractivity contribution in [2.24, 2.45) is 7.05 Å². The van der Waals surface area contributed by atoms with Crippen molar-refractivity contribution in [1.29, 1.82) is 0 Å². The number of benzene rings is 1. The number of hydrogen-bond donors (Lipinski definition) is 2. The number of rotatable bonds is 4. The van der Waals surface area contributed by atoms with Crippen LogP contribution in [-0.4, -0.2) is 34.6 Å². The number of urea groups is 1. The van der Waals surface area contributed by atoms with Crippen LogP contribution in [-0.2, 0) is 13.6 Å². The molecule has 0 bridgehead atoms. The third-order valence-corrected chi connectivity index (χ3v) is 4.20. The number of hydrogen-bond acceptors (Lipinski definition) is 3. The van der Waals surface area contributed by atoms with E-state index in [9.17, 15) is 9.59 Å². The number of aromatic nitrogens is 1. The predicted octanol–water partition coefficient (Wildman–Crippen LogP) is 1.78. The maximum atomic E-state index is 12.1. The molecule has 1 atom stereocenters. The highest BCUT2D eigenvalue weighted by atomic mass is 16.2. The fourth-order valence-corrected chi connectivity index (χ4v) is 2.96. The summed E-state index contributed by atoms with van der Waals surface area (Å²) in [5.74, 6) is 0. The molecule has 1 aromatic carbocycles. The van der Waals surface area contributed by atoms with Crippen molar-refractivity contribution in [3.8, 4) is 0 Å². The lowest BCUT2D eigenvalue weighted by molar-refractivity contribution is 0.247. The molecule has 6 heteroatoms. The van der Waals surface area contributed by atoms with Crippen molar-refractivity contribution in [3.63, 3.8) is 0 Å². The first-order valence-electron chi connectivity index (χ1n) is 8.10. The largest absolute Gasteiger partial charge is 0.334 e. The zero-order chi connectivity index (χ0) is 16.9. The van der Waals surface area contributed by atoms with Crippen molar-refractivity contribution < 1.29 is 4.79 Å². The number of nitrogens with one attached hydrogen (secondary N) is 2. The number of anilines is 1. The monoisotopic (exact) mass is 326 g/mol. The summed E-state index contributed by atoms with van der Waals surface area (Å²) in [5.41, 5.74) is 1.79. The van der Waals surface area contributed by atoms with Crippen LogP contribution in [0.5, 0.6) is 0 Å². The Morgan fingerprint density at radius 2 is 2.00 bits per heavy atom. The van der Waals surface area contributed by atoms with Crippen LogP contribution < -0.4 is 16.2 Å². The molecule has 2 amide bonds. The highest BCUT2D eigenvalue weighted by Gasteiger charge is 2.23. The lowest BCUT2D eigenvalue weighted by Crippen LogP contribution is -2.39. The summed E-state index contributed by atoms with van der Waals surface area (Å²) in [6, 6.07) is 13.3. The zero-order valence-corrected chi connectivity index (χ0v) is 13.7. The Bertz CT molecular complexity index is 757. The van der Waals surface area contributed by atoms with E-state index in [0.717, 1.165) is 26.1 Å². The van der Waals surface area contributed by atoms with Gasteiger partial charge in [0.25, 0.3) is 0 Å². The van der Waals surface area contributed by atoms with E-state index in [2.05, 4.69) is 27.7 Å². The number of carbonyl (C=O) groups excluding carboxylic acids is 1. The summed E-state index contributed by atoms with van der Waals surface area (Å²) >= 11 is 0. The minimum Gasteiger partial charge on any atom is -0.334 e. The van der Waals surface area contributed by atoms with E-state index in [1.165, 1.54) is 16.2 Å². The summed E-state index contributed by atoms with van der Waals surface area (Å²) < 4.78 is 1.44. The van der Waals surface area contributed by atoms with Crippen LogP contribution in [0.25, 0.3) is 0 Å². The molecule has 2 aromatic rings. The average molecular weight is 326 g/mol. The lowest BCUT2D eigenvalue weighted by atomic mass is 10.2. The average Bonchev–Trinajstić information content (AvgIpc) is 2.99. The van der Waals surface area contributed by atoms with Gasteiger partial charge in [0.2, 0.25) is 5.56 Å². The van der Waals surface area contributed by atoms with Gasteiger partial charge in [-0.25, -0.2) is 4.79 Å². The molecule has 1 saturated heterocycles. The molecule has 6 nitrogen and oxygen atoms in total. The Balaban J connectivity index is 1.49. The van der Waals surface area contributed by atoms with Gasteiger partial charge in [-0.05, 0) is 18.1 Å². The Hall–Kier alpha value is -2.60. The minimum absolute atomic E-state index is 0.103. The third-order valence-electron chi connectivity index (χ3n) is 4.20. The highest BCUT2D eigenvalue weighted by molar-refractivity contribution is 5.89. The molecule has 1 unspecified atom stereocenters. The second kappa shape index (κ2) is 7.31. The molecule has 0 saturated carbocycles. The zero-order valence-electron chi connectivity index (χ0n) is 13.7. The number of pyridine rings is 1. The van der Waals surface area contributed by atoms with Gasteiger partial charge >= 0.3 is 6.03 Å². The standard InChI is InChI=1S/C18H22N4O2/c1-21-12-15(7-8-17(21)23)19-18(24)20-16-9-10-22(13-16)11-14-5-3-2-4-6-14/h2-8,12,16H,9-11,13H2,1H3,(H2,19,20,24). The Morgan fingerprint density at radius 3 is 2.75 bits per heavy atom. The van der Waals surface area contributed by atoms with Gasteiger partial charge in [0.1, 0.15) is 0 Å². The van der Waals surface area contributed by atoms with E-state index in [4.69, 9.17) is 0 Å². The SMILES string of the molecule is Cn1cc(NC(=O)NC2CCN(Cc3ccccc3)C2)ccc1=O. The topological polar surface area (TPSA) is 66.4 Å². The molecule has 2 N–H and O–H groups in total. The van der Waals surface area contributed by atoms with Crippen LogP contribution in [0.4, 0.5) is 10.5 Å². The van der Waals surface area contributed by atoms with Gasteiger partial charge in [0.15, 0.2) is 0 Å². The molecule has 126 valence electrons. The van der Waals surface area contributed by atoms with Gasteiger partial charge in [-0.3, -0.25) is 9.69 Å². The van der Waals surface area contributed by atoms with E-state index < -0.39 is 0 Å². The summed E-state index contributed by atoms with van der Waals surface area (Å²) in [4.78, 5) is 25.8.